The quantitative estimate of drug-likeness (QED) is 0.739. The molecule has 2 aromatic heterocycles. The number of hydrogen-bond acceptors (Lipinski definition) is 4. The van der Waals surface area contributed by atoms with Gasteiger partial charge >= 0.3 is 0 Å². The summed E-state index contributed by atoms with van der Waals surface area (Å²) >= 11 is 0. The number of aryl methyl sites for hydroxylation is 1. The van der Waals surface area contributed by atoms with Gasteiger partial charge in [-0.05, 0) is 11.6 Å². The Morgan fingerprint density at radius 2 is 2.21 bits per heavy atom. The Kier molecular flexibility index (Phi) is 2.24. The molecule has 0 fully saturated rings. The van der Waals surface area contributed by atoms with Gasteiger partial charge in [0.25, 0.3) is 0 Å². The molecule has 72 valence electrons. The smallest absolute Gasteiger partial charge is 0.114 e. The van der Waals surface area contributed by atoms with Crippen LogP contribution in [0.4, 0.5) is 0 Å². The van der Waals surface area contributed by atoms with E-state index in [2.05, 4.69) is 15.2 Å². The number of rotatable bonds is 2. The van der Waals surface area contributed by atoms with Crippen LogP contribution in [-0.2, 0) is 13.6 Å². The average molecular weight is 189 g/mol. The summed E-state index contributed by atoms with van der Waals surface area (Å²) in [6.07, 6.45) is 5.21. The summed E-state index contributed by atoms with van der Waals surface area (Å²) in [5, 5.41) is 8.18. The Balaban J connectivity index is 2.41. The molecule has 0 spiro atoms. The highest BCUT2D eigenvalue weighted by molar-refractivity contribution is 5.56. The molecule has 0 bridgehead atoms. The van der Waals surface area contributed by atoms with Crippen molar-refractivity contribution in [1.29, 1.82) is 0 Å². The van der Waals surface area contributed by atoms with Crippen molar-refractivity contribution in [1.82, 2.24) is 20.0 Å². The van der Waals surface area contributed by atoms with E-state index in [0.717, 1.165) is 16.8 Å². The summed E-state index contributed by atoms with van der Waals surface area (Å²) in [6, 6.07) is 1.97. The average Bonchev–Trinajstić information content (AvgIpc) is 2.65. The normalized spacial score (nSPS) is 10.4. The maximum atomic E-state index is 5.52. The number of aromatic nitrogens is 4. The Hall–Kier alpha value is -1.75. The summed E-state index contributed by atoms with van der Waals surface area (Å²) in [5.74, 6) is 0. The van der Waals surface area contributed by atoms with E-state index in [4.69, 9.17) is 5.73 Å². The molecule has 0 saturated carbocycles. The van der Waals surface area contributed by atoms with Crippen LogP contribution in [0.3, 0.4) is 0 Å². The lowest BCUT2D eigenvalue weighted by Crippen LogP contribution is -1.97. The van der Waals surface area contributed by atoms with Crippen LogP contribution in [0.15, 0.2) is 24.7 Å². The highest BCUT2D eigenvalue weighted by Crippen LogP contribution is 2.15. The van der Waals surface area contributed by atoms with E-state index in [-0.39, 0.29) is 0 Å². The number of hydrogen-bond donors (Lipinski definition) is 1. The molecule has 0 aliphatic rings. The van der Waals surface area contributed by atoms with Gasteiger partial charge < -0.3 is 5.73 Å². The molecule has 0 radical (unpaired) electrons. The van der Waals surface area contributed by atoms with Crippen LogP contribution in [0, 0.1) is 0 Å². The standard InChI is InChI=1S/C9H11N5/c1-14-12-6-9(13-14)8-2-7(3-10)4-11-5-8/h2,4-6H,3,10H2,1H3. The molecular formula is C9H11N5. The van der Waals surface area contributed by atoms with Crippen molar-refractivity contribution < 1.29 is 0 Å². The van der Waals surface area contributed by atoms with E-state index in [9.17, 15) is 0 Å². The van der Waals surface area contributed by atoms with Crippen molar-refractivity contribution in [3.8, 4) is 11.3 Å². The number of nitrogens with zero attached hydrogens (tertiary/aromatic N) is 4. The minimum Gasteiger partial charge on any atom is -0.326 e. The first-order valence-electron chi connectivity index (χ1n) is 4.30. The lowest BCUT2D eigenvalue weighted by molar-refractivity contribution is 0.655. The maximum absolute atomic E-state index is 5.52. The van der Waals surface area contributed by atoms with Crippen molar-refractivity contribution >= 4 is 0 Å². The van der Waals surface area contributed by atoms with Gasteiger partial charge in [-0.25, -0.2) is 0 Å². The maximum Gasteiger partial charge on any atom is 0.114 e. The minimum absolute atomic E-state index is 0.487. The van der Waals surface area contributed by atoms with Crippen molar-refractivity contribution in [3.63, 3.8) is 0 Å². The van der Waals surface area contributed by atoms with Crippen LogP contribution in [0.2, 0.25) is 0 Å². The van der Waals surface area contributed by atoms with Crippen LogP contribution in [0.25, 0.3) is 11.3 Å². The molecule has 0 aromatic carbocycles. The molecule has 0 saturated heterocycles. The SMILES string of the molecule is Cn1ncc(-c2cncc(CN)c2)n1. The number of nitrogens with two attached hydrogens (primary N) is 1. The highest BCUT2D eigenvalue weighted by Gasteiger charge is 2.02. The monoisotopic (exact) mass is 189 g/mol. The molecule has 0 aliphatic carbocycles. The van der Waals surface area contributed by atoms with Crippen LogP contribution < -0.4 is 5.73 Å². The van der Waals surface area contributed by atoms with Crippen LogP contribution in [0.5, 0.6) is 0 Å². The molecule has 0 atom stereocenters. The van der Waals surface area contributed by atoms with Crippen molar-refractivity contribution in [2.75, 3.05) is 0 Å². The van der Waals surface area contributed by atoms with Crippen LogP contribution in [0.1, 0.15) is 5.56 Å². The van der Waals surface area contributed by atoms with E-state index in [1.54, 1.807) is 25.6 Å². The molecule has 5 heteroatoms. The lowest BCUT2D eigenvalue weighted by atomic mass is 10.2. The Labute approximate surface area is 81.6 Å². The van der Waals surface area contributed by atoms with E-state index in [1.165, 1.54) is 4.80 Å². The third kappa shape index (κ3) is 1.62. The van der Waals surface area contributed by atoms with Gasteiger partial charge in [0.05, 0.1) is 6.20 Å². The molecule has 2 aromatic rings. The second kappa shape index (κ2) is 3.55. The van der Waals surface area contributed by atoms with Gasteiger partial charge in [-0.3, -0.25) is 4.98 Å². The summed E-state index contributed by atoms with van der Waals surface area (Å²) in [6.45, 7) is 0.487. The van der Waals surface area contributed by atoms with E-state index < -0.39 is 0 Å². The Bertz CT molecular complexity index is 434. The second-order valence-corrected chi connectivity index (χ2v) is 3.01. The van der Waals surface area contributed by atoms with Gasteiger partial charge in [-0.1, -0.05) is 0 Å². The molecule has 2 rings (SSSR count). The fourth-order valence-corrected chi connectivity index (χ4v) is 1.22. The molecule has 0 unspecified atom stereocenters. The largest absolute Gasteiger partial charge is 0.326 e. The predicted octanol–water partition coefficient (Wildman–Crippen LogP) is 0.336. The fourth-order valence-electron chi connectivity index (χ4n) is 1.22. The summed E-state index contributed by atoms with van der Waals surface area (Å²) in [7, 11) is 1.78. The first kappa shape index (κ1) is 8.83. The first-order chi connectivity index (χ1) is 6.79. The Morgan fingerprint density at radius 3 is 2.86 bits per heavy atom. The molecule has 5 nitrogen and oxygen atoms in total. The molecular weight excluding hydrogens is 178 g/mol. The zero-order valence-electron chi connectivity index (χ0n) is 7.88. The number of pyridine rings is 1. The zero-order valence-corrected chi connectivity index (χ0v) is 7.88. The first-order valence-corrected chi connectivity index (χ1v) is 4.30. The highest BCUT2D eigenvalue weighted by atomic mass is 15.4. The summed E-state index contributed by atoms with van der Waals surface area (Å²) in [5.41, 5.74) is 8.27. The third-order valence-corrected chi connectivity index (χ3v) is 1.93. The van der Waals surface area contributed by atoms with Gasteiger partial charge in [0, 0.05) is 31.5 Å². The topological polar surface area (TPSA) is 69.6 Å². The summed E-state index contributed by atoms with van der Waals surface area (Å²) < 4.78 is 0. The van der Waals surface area contributed by atoms with Gasteiger partial charge in [-0.2, -0.15) is 15.0 Å². The minimum atomic E-state index is 0.487. The predicted molar refractivity (Wildman–Crippen MR) is 52.1 cm³/mol. The Morgan fingerprint density at radius 1 is 1.36 bits per heavy atom. The van der Waals surface area contributed by atoms with Crippen molar-refractivity contribution in [3.05, 3.63) is 30.2 Å². The fraction of sp³-hybridized carbons (Fsp3) is 0.222. The van der Waals surface area contributed by atoms with Crippen LogP contribution >= 0.6 is 0 Å². The van der Waals surface area contributed by atoms with Crippen LogP contribution in [-0.4, -0.2) is 20.0 Å². The third-order valence-electron chi connectivity index (χ3n) is 1.93. The molecule has 0 amide bonds. The van der Waals surface area contributed by atoms with Crippen molar-refractivity contribution in [2.24, 2.45) is 12.8 Å². The lowest BCUT2D eigenvalue weighted by Gasteiger charge is -1.98. The van der Waals surface area contributed by atoms with E-state index in [1.807, 2.05) is 6.07 Å². The van der Waals surface area contributed by atoms with E-state index >= 15 is 0 Å². The molecule has 14 heavy (non-hydrogen) atoms. The van der Waals surface area contributed by atoms with Gasteiger partial charge in [0.2, 0.25) is 0 Å². The van der Waals surface area contributed by atoms with Crippen molar-refractivity contribution in [2.45, 2.75) is 6.54 Å². The molecule has 2 heterocycles. The molecule has 0 aliphatic heterocycles. The van der Waals surface area contributed by atoms with Gasteiger partial charge in [0.1, 0.15) is 5.69 Å². The summed E-state index contributed by atoms with van der Waals surface area (Å²) in [4.78, 5) is 5.60. The zero-order chi connectivity index (χ0) is 9.97. The second-order valence-electron chi connectivity index (χ2n) is 3.01. The van der Waals surface area contributed by atoms with E-state index in [0.29, 0.717) is 6.54 Å². The molecule has 2 N–H and O–H groups in total. The van der Waals surface area contributed by atoms with Gasteiger partial charge in [-0.15, -0.1) is 0 Å². The van der Waals surface area contributed by atoms with Gasteiger partial charge in [0.15, 0.2) is 0 Å².